The smallest absolute Gasteiger partial charge is 0.453 e. The van der Waals surface area contributed by atoms with Gasteiger partial charge in [-0.15, -0.1) is 13.2 Å². The molecule has 11 nitrogen and oxygen atoms in total. The summed E-state index contributed by atoms with van der Waals surface area (Å²) in [5, 5.41) is 7.96. The molecule has 3 aromatic carbocycles. The molecule has 0 bridgehead atoms. The first-order chi connectivity index (χ1) is 26.0. The van der Waals surface area contributed by atoms with E-state index in [4.69, 9.17) is 4.74 Å². The molecule has 294 valence electrons. The molecule has 1 aromatic heterocycles. The van der Waals surface area contributed by atoms with E-state index in [-0.39, 0.29) is 53.2 Å². The number of sulfonamides is 1. The number of ether oxygens (including phenoxy) is 2. The van der Waals surface area contributed by atoms with Crippen LogP contribution in [0.2, 0.25) is 0 Å². The zero-order chi connectivity index (χ0) is 40.1. The van der Waals surface area contributed by atoms with Crippen LogP contribution >= 0.6 is 0 Å². The van der Waals surface area contributed by atoms with Gasteiger partial charge in [-0.05, 0) is 79.4 Å². The Bertz CT molecular complexity index is 2090. The summed E-state index contributed by atoms with van der Waals surface area (Å²) in [7, 11) is -3.30. The number of alkyl halides is 3. The maximum atomic E-state index is 15.5. The summed E-state index contributed by atoms with van der Waals surface area (Å²) in [6, 6.07) is 7.59. The van der Waals surface area contributed by atoms with Crippen molar-refractivity contribution in [1.29, 1.82) is 0 Å². The fourth-order valence-corrected chi connectivity index (χ4v) is 8.27. The summed E-state index contributed by atoms with van der Waals surface area (Å²) in [5.41, 5.74) is -0.264. The average molecular weight is 798 g/mol. The number of nitrogens with zero attached hydrogens (tertiary/aromatic N) is 2. The number of anilines is 1. The molecule has 2 heterocycles. The van der Waals surface area contributed by atoms with Crippen LogP contribution in [0.5, 0.6) is 5.75 Å². The SMILES string of the molecule is COC(=O)NC(C(=O)Nc1cncc(F)c1CC[C@H]1CNC[C@@H](C)N1S(=O)(=O)c1ccc(OC(F)(F)F)cc1)C(c1ccc(F)cc1)c1cc(F)cc(F)c1. The summed E-state index contributed by atoms with van der Waals surface area (Å²) in [6.07, 6.45) is -4.33. The summed E-state index contributed by atoms with van der Waals surface area (Å²) >= 11 is 0. The lowest BCUT2D eigenvalue weighted by Gasteiger charge is -2.40. The molecular weight excluding hydrogens is 763 g/mol. The third-order valence-electron chi connectivity index (χ3n) is 8.78. The topological polar surface area (TPSA) is 139 Å². The van der Waals surface area contributed by atoms with Crippen LogP contribution in [-0.2, 0) is 26.0 Å². The van der Waals surface area contributed by atoms with Gasteiger partial charge in [-0.3, -0.25) is 9.78 Å². The van der Waals surface area contributed by atoms with Gasteiger partial charge in [0.15, 0.2) is 0 Å². The Morgan fingerprint density at radius 1 is 0.927 bits per heavy atom. The minimum Gasteiger partial charge on any atom is -0.453 e. The number of methoxy groups -OCH3 is 1. The van der Waals surface area contributed by atoms with Crippen LogP contribution in [0.25, 0.3) is 0 Å². The Labute approximate surface area is 310 Å². The lowest BCUT2D eigenvalue weighted by atomic mass is 9.84. The van der Waals surface area contributed by atoms with Crippen LogP contribution in [0.3, 0.4) is 0 Å². The Hall–Kier alpha value is -5.27. The van der Waals surface area contributed by atoms with E-state index < -0.39 is 81.4 Å². The maximum Gasteiger partial charge on any atom is 0.573 e. The quantitative estimate of drug-likeness (QED) is 0.148. The molecular formula is C36H34F7N5O6S. The highest BCUT2D eigenvalue weighted by molar-refractivity contribution is 7.89. The highest BCUT2D eigenvalue weighted by Crippen LogP contribution is 2.33. The number of amides is 2. The standard InChI is InChI=1S/C36H34F7N5O6S/c1-20-16-44-17-26(48(20)55(51,52)28-10-8-27(9-11-28)54-36(41,42)43)7-12-29-30(40)18-45-19-31(29)46-34(49)33(47-35(50)53-2)32(21-3-5-23(37)6-4-21)22-13-24(38)15-25(39)14-22/h3-6,8-11,13-15,18-20,26,32-33,44H,7,12,16-17H2,1-2H3,(H,46,49)(H,47,50)/t20-,26+,32?,33?/m1/s1. The van der Waals surface area contributed by atoms with Crippen molar-refractivity contribution in [3.8, 4) is 5.75 Å². The number of halogens is 7. The number of hydrogen-bond donors (Lipinski definition) is 3. The van der Waals surface area contributed by atoms with Gasteiger partial charge in [-0.25, -0.2) is 30.8 Å². The van der Waals surface area contributed by atoms with E-state index in [0.717, 1.165) is 68.0 Å². The third kappa shape index (κ3) is 10.1. The van der Waals surface area contributed by atoms with Crippen LogP contribution in [0, 0.1) is 23.3 Å². The second-order valence-electron chi connectivity index (χ2n) is 12.5. The van der Waals surface area contributed by atoms with Gasteiger partial charge >= 0.3 is 12.5 Å². The minimum atomic E-state index is -4.98. The number of rotatable bonds is 12. The molecule has 1 aliphatic rings. The van der Waals surface area contributed by atoms with Gasteiger partial charge in [0, 0.05) is 42.7 Å². The number of alkyl carbamates (subject to hydrolysis) is 1. The molecule has 2 amide bonds. The second kappa shape index (κ2) is 17.0. The van der Waals surface area contributed by atoms with Crippen molar-refractivity contribution >= 4 is 27.7 Å². The molecule has 0 saturated carbocycles. The molecule has 3 N–H and O–H groups in total. The number of pyridine rings is 1. The third-order valence-corrected chi connectivity index (χ3v) is 10.9. The molecule has 2 unspecified atom stereocenters. The molecule has 0 spiro atoms. The molecule has 4 aromatic rings. The van der Waals surface area contributed by atoms with Crippen LogP contribution in [0.15, 0.2) is 84.0 Å². The van der Waals surface area contributed by atoms with E-state index in [1.807, 2.05) is 0 Å². The van der Waals surface area contributed by atoms with Gasteiger partial charge in [-0.2, -0.15) is 4.31 Å². The highest BCUT2D eigenvalue weighted by Gasteiger charge is 2.39. The van der Waals surface area contributed by atoms with Crippen LogP contribution in [0.1, 0.15) is 36.0 Å². The normalized spacial score (nSPS) is 17.5. The van der Waals surface area contributed by atoms with E-state index in [2.05, 4.69) is 25.7 Å². The lowest BCUT2D eigenvalue weighted by molar-refractivity contribution is -0.274. The zero-order valence-corrected chi connectivity index (χ0v) is 29.9. The number of carbonyl (C=O) groups excluding carboxylic acids is 2. The molecule has 1 fully saturated rings. The Morgan fingerprint density at radius 2 is 1.58 bits per heavy atom. The highest BCUT2D eigenvalue weighted by atomic mass is 32.2. The second-order valence-corrected chi connectivity index (χ2v) is 14.4. The fourth-order valence-electron chi connectivity index (χ4n) is 6.43. The van der Waals surface area contributed by atoms with Crippen molar-refractivity contribution in [2.24, 2.45) is 0 Å². The van der Waals surface area contributed by atoms with Crippen molar-refractivity contribution in [3.63, 3.8) is 0 Å². The van der Waals surface area contributed by atoms with Crippen molar-refractivity contribution < 1.29 is 58.2 Å². The molecule has 4 atom stereocenters. The Balaban J connectivity index is 1.44. The molecule has 5 rings (SSSR count). The lowest BCUT2D eigenvalue weighted by Crippen LogP contribution is -2.58. The summed E-state index contributed by atoms with van der Waals surface area (Å²) in [4.78, 5) is 30.1. The zero-order valence-electron chi connectivity index (χ0n) is 29.0. The Morgan fingerprint density at radius 3 is 2.20 bits per heavy atom. The molecule has 0 aliphatic carbocycles. The molecule has 0 radical (unpaired) electrons. The monoisotopic (exact) mass is 797 g/mol. The fraction of sp³-hybridized carbons (Fsp3) is 0.306. The van der Waals surface area contributed by atoms with E-state index in [1.165, 1.54) is 16.4 Å². The van der Waals surface area contributed by atoms with Gasteiger partial charge in [0.05, 0.1) is 30.1 Å². The van der Waals surface area contributed by atoms with Crippen molar-refractivity contribution in [1.82, 2.24) is 19.9 Å². The van der Waals surface area contributed by atoms with Crippen molar-refractivity contribution in [2.45, 2.75) is 55.1 Å². The van der Waals surface area contributed by atoms with Gasteiger partial charge in [0.2, 0.25) is 15.9 Å². The van der Waals surface area contributed by atoms with Gasteiger partial charge in [-0.1, -0.05) is 12.1 Å². The van der Waals surface area contributed by atoms with Gasteiger partial charge in [0.25, 0.3) is 0 Å². The number of hydrogen-bond acceptors (Lipinski definition) is 8. The number of aromatic nitrogens is 1. The number of nitrogens with one attached hydrogen (secondary N) is 3. The van der Waals surface area contributed by atoms with E-state index in [1.54, 1.807) is 6.92 Å². The summed E-state index contributed by atoms with van der Waals surface area (Å²) < 4.78 is 134. The molecule has 1 saturated heterocycles. The summed E-state index contributed by atoms with van der Waals surface area (Å²) in [5.74, 6) is -6.55. The first-order valence-electron chi connectivity index (χ1n) is 16.6. The van der Waals surface area contributed by atoms with Gasteiger partial charge < -0.3 is 25.4 Å². The molecule has 1 aliphatic heterocycles. The largest absolute Gasteiger partial charge is 0.573 e. The van der Waals surface area contributed by atoms with Crippen molar-refractivity contribution in [3.05, 3.63) is 119 Å². The minimum absolute atomic E-state index is 0.0275. The van der Waals surface area contributed by atoms with Crippen LogP contribution in [0.4, 0.5) is 41.2 Å². The summed E-state index contributed by atoms with van der Waals surface area (Å²) in [6.45, 7) is 1.96. The van der Waals surface area contributed by atoms with E-state index in [9.17, 15) is 44.3 Å². The van der Waals surface area contributed by atoms with E-state index in [0.29, 0.717) is 6.07 Å². The van der Waals surface area contributed by atoms with Gasteiger partial charge in [0.1, 0.15) is 35.1 Å². The molecule has 55 heavy (non-hydrogen) atoms. The average Bonchev–Trinajstić information content (AvgIpc) is 3.10. The number of carbonyl (C=O) groups is 2. The number of piperazine rings is 1. The molecule has 19 heteroatoms. The van der Waals surface area contributed by atoms with E-state index >= 15 is 4.39 Å². The van der Waals surface area contributed by atoms with Crippen molar-refractivity contribution in [2.75, 3.05) is 25.5 Å². The van der Waals surface area contributed by atoms with Crippen LogP contribution < -0.4 is 20.7 Å². The number of benzene rings is 3. The predicted molar refractivity (Wildman–Crippen MR) is 183 cm³/mol. The first-order valence-corrected chi connectivity index (χ1v) is 18.0. The first kappa shape index (κ1) is 40.9. The predicted octanol–water partition coefficient (Wildman–Crippen LogP) is 6.02. The maximum absolute atomic E-state index is 15.5. The Kier molecular flexibility index (Phi) is 12.7. The van der Waals surface area contributed by atoms with Crippen LogP contribution in [-0.4, -0.2) is 74.4 Å².